The number of rotatable bonds is 4. The number of aromatic nitrogens is 2. The lowest BCUT2D eigenvalue weighted by molar-refractivity contribution is -0.118. The fraction of sp³-hybridized carbons (Fsp3) is 0.158. The molecular weight excluding hydrogens is 362 g/mol. The van der Waals surface area contributed by atoms with Crippen LogP contribution in [0, 0.1) is 6.92 Å². The van der Waals surface area contributed by atoms with Crippen molar-refractivity contribution in [1.29, 1.82) is 0 Å². The summed E-state index contributed by atoms with van der Waals surface area (Å²) in [6.45, 7) is 3.63. The molecular formula is C19H17N5O2S. The number of aromatic hydroxyl groups is 1. The monoisotopic (exact) mass is 379 g/mol. The fourth-order valence-electron chi connectivity index (χ4n) is 2.80. The van der Waals surface area contributed by atoms with Crippen LogP contribution < -0.4 is 5.32 Å². The summed E-state index contributed by atoms with van der Waals surface area (Å²) in [5.41, 5.74) is 2.89. The second-order valence-electron chi connectivity index (χ2n) is 6.21. The van der Waals surface area contributed by atoms with Gasteiger partial charge in [-0.3, -0.25) is 4.79 Å². The zero-order valence-corrected chi connectivity index (χ0v) is 15.5. The molecule has 2 aromatic carbocycles. The molecule has 8 heteroatoms. The second kappa shape index (κ2) is 6.81. The van der Waals surface area contributed by atoms with Crippen molar-refractivity contribution in [2.75, 3.05) is 5.32 Å². The predicted octanol–water partition coefficient (Wildman–Crippen LogP) is 4.90. The summed E-state index contributed by atoms with van der Waals surface area (Å²) in [6.07, 6.45) is 0. The van der Waals surface area contributed by atoms with Crippen LogP contribution in [-0.4, -0.2) is 27.0 Å². The highest BCUT2D eigenvalue weighted by atomic mass is 32.1. The first-order valence-corrected chi connectivity index (χ1v) is 9.22. The largest absolute Gasteiger partial charge is 0.493 e. The number of thiazole rings is 1. The van der Waals surface area contributed by atoms with Crippen molar-refractivity contribution in [2.24, 2.45) is 10.2 Å². The average molecular weight is 379 g/mol. The van der Waals surface area contributed by atoms with E-state index in [0.717, 1.165) is 26.7 Å². The number of benzene rings is 2. The van der Waals surface area contributed by atoms with Crippen molar-refractivity contribution in [3.05, 3.63) is 48.0 Å². The maximum atomic E-state index is 12.3. The van der Waals surface area contributed by atoms with Crippen molar-refractivity contribution in [3.63, 3.8) is 0 Å². The quantitative estimate of drug-likeness (QED) is 0.439. The van der Waals surface area contributed by atoms with Crippen LogP contribution in [0.5, 0.6) is 5.88 Å². The van der Waals surface area contributed by atoms with Gasteiger partial charge in [-0.25, -0.2) is 4.98 Å². The lowest BCUT2D eigenvalue weighted by Gasteiger charge is -2.07. The molecule has 0 spiro atoms. The number of aromatic amines is 1. The lowest BCUT2D eigenvalue weighted by atomic mass is 10.1. The summed E-state index contributed by atoms with van der Waals surface area (Å²) in [5, 5.41) is 22.3. The van der Waals surface area contributed by atoms with Crippen molar-refractivity contribution >= 4 is 49.2 Å². The number of nitrogens with zero attached hydrogens (tertiary/aromatic N) is 3. The third-order valence-electron chi connectivity index (χ3n) is 4.25. The molecule has 0 aliphatic heterocycles. The van der Waals surface area contributed by atoms with Gasteiger partial charge in [0.2, 0.25) is 5.88 Å². The second-order valence-corrected chi connectivity index (χ2v) is 7.24. The van der Waals surface area contributed by atoms with Gasteiger partial charge in [0.15, 0.2) is 10.8 Å². The Hall–Kier alpha value is -3.26. The van der Waals surface area contributed by atoms with Gasteiger partial charge in [-0.1, -0.05) is 41.7 Å². The highest BCUT2D eigenvalue weighted by Crippen LogP contribution is 2.36. The van der Waals surface area contributed by atoms with Crippen molar-refractivity contribution in [1.82, 2.24) is 9.97 Å². The van der Waals surface area contributed by atoms with Crippen LogP contribution in [0.1, 0.15) is 12.5 Å². The van der Waals surface area contributed by atoms with Crippen LogP contribution in [0.25, 0.3) is 21.1 Å². The van der Waals surface area contributed by atoms with E-state index in [4.69, 9.17) is 0 Å². The first kappa shape index (κ1) is 17.2. The maximum absolute atomic E-state index is 12.3. The molecule has 0 bridgehead atoms. The van der Waals surface area contributed by atoms with E-state index in [2.05, 4.69) is 25.5 Å². The van der Waals surface area contributed by atoms with E-state index in [0.29, 0.717) is 5.13 Å². The van der Waals surface area contributed by atoms with Crippen LogP contribution in [0.4, 0.5) is 10.8 Å². The summed E-state index contributed by atoms with van der Waals surface area (Å²) in [5.74, 6) is -0.557. The number of carbonyl (C=O) groups is 1. The molecule has 2 heterocycles. The molecule has 4 rings (SSSR count). The number of carbonyl (C=O) groups excluding carboxylic acids is 1. The fourth-order valence-corrected chi connectivity index (χ4v) is 3.76. The van der Waals surface area contributed by atoms with Crippen molar-refractivity contribution in [2.45, 2.75) is 19.9 Å². The molecule has 1 amide bonds. The van der Waals surface area contributed by atoms with Gasteiger partial charge in [0.05, 0.1) is 15.7 Å². The molecule has 3 N–H and O–H groups in total. The zero-order chi connectivity index (χ0) is 19.0. The van der Waals surface area contributed by atoms with E-state index in [1.165, 1.54) is 11.3 Å². The van der Waals surface area contributed by atoms with E-state index < -0.39 is 11.9 Å². The summed E-state index contributed by atoms with van der Waals surface area (Å²) < 4.78 is 1.04. The molecule has 0 saturated carbocycles. The lowest BCUT2D eigenvalue weighted by Crippen LogP contribution is -2.23. The molecule has 7 nitrogen and oxygen atoms in total. The Balaban J connectivity index is 1.53. The Bertz CT molecular complexity index is 1140. The number of hydrogen-bond donors (Lipinski definition) is 3. The molecule has 0 saturated heterocycles. The van der Waals surface area contributed by atoms with Crippen LogP contribution >= 0.6 is 11.3 Å². The molecule has 4 aromatic rings. The van der Waals surface area contributed by atoms with Gasteiger partial charge in [-0.05, 0) is 31.5 Å². The third kappa shape index (κ3) is 3.26. The van der Waals surface area contributed by atoms with Crippen LogP contribution in [0.2, 0.25) is 0 Å². The molecule has 0 aliphatic rings. The maximum Gasteiger partial charge on any atom is 0.286 e. The van der Waals surface area contributed by atoms with Crippen LogP contribution in [0.3, 0.4) is 0 Å². The number of amides is 1. The Morgan fingerprint density at radius 1 is 1.26 bits per heavy atom. The van der Waals surface area contributed by atoms with Gasteiger partial charge in [0.1, 0.15) is 6.04 Å². The average Bonchev–Trinajstić information content (AvgIpc) is 3.20. The van der Waals surface area contributed by atoms with Crippen LogP contribution in [0.15, 0.2) is 52.7 Å². The Labute approximate surface area is 158 Å². The van der Waals surface area contributed by atoms with Crippen molar-refractivity contribution < 1.29 is 9.90 Å². The normalized spacial score (nSPS) is 12.8. The molecule has 0 aliphatic carbocycles. The minimum absolute atomic E-state index is 0.109. The van der Waals surface area contributed by atoms with Gasteiger partial charge < -0.3 is 15.4 Å². The van der Waals surface area contributed by atoms with E-state index in [-0.39, 0.29) is 11.6 Å². The van der Waals surface area contributed by atoms with Crippen molar-refractivity contribution in [3.8, 4) is 5.88 Å². The van der Waals surface area contributed by atoms with Gasteiger partial charge in [0, 0.05) is 5.39 Å². The van der Waals surface area contributed by atoms with Gasteiger partial charge in [-0.2, -0.15) is 0 Å². The summed E-state index contributed by atoms with van der Waals surface area (Å²) in [6, 6.07) is 12.8. The minimum atomic E-state index is -0.594. The number of fused-ring (bicyclic) bond motifs is 2. The Morgan fingerprint density at radius 2 is 2.07 bits per heavy atom. The summed E-state index contributed by atoms with van der Waals surface area (Å²) >= 11 is 1.47. The standard InChI is InChI=1S/C19H17N5O2S/c1-10-6-5-7-12-15(10)22-18(26)16(12)23-24-17(25)11(2)20-19-21-13-8-3-4-9-14(13)27-19/h3-9,11,22,26H,1-2H3,(H,20,21)/t11-/m1/s1. The molecule has 2 aromatic heterocycles. The third-order valence-corrected chi connectivity index (χ3v) is 5.22. The van der Waals surface area contributed by atoms with E-state index in [1.54, 1.807) is 6.92 Å². The first-order valence-electron chi connectivity index (χ1n) is 8.41. The molecule has 0 fully saturated rings. The number of nitrogens with one attached hydrogen (secondary N) is 2. The SMILES string of the molecule is Cc1cccc2c(N=NC(=O)[C@@H](C)Nc3nc4ccccc4s3)c(O)[nH]c12. The van der Waals surface area contributed by atoms with E-state index in [9.17, 15) is 9.90 Å². The highest BCUT2D eigenvalue weighted by Gasteiger charge is 2.16. The molecule has 0 unspecified atom stereocenters. The highest BCUT2D eigenvalue weighted by molar-refractivity contribution is 7.22. The number of aryl methyl sites for hydroxylation is 1. The summed E-state index contributed by atoms with van der Waals surface area (Å²) in [4.78, 5) is 19.7. The predicted molar refractivity (Wildman–Crippen MR) is 107 cm³/mol. The Morgan fingerprint density at radius 3 is 2.89 bits per heavy atom. The van der Waals surface area contributed by atoms with E-state index in [1.807, 2.05) is 49.4 Å². The number of H-pyrrole nitrogens is 1. The number of hydrogen-bond acceptors (Lipinski definition) is 6. The van der Waals surface area contributed by atoms with Gasteiger partial charge >= 0.3 is 0 Å². The molecule has 1 atom stereocenters. The van der Waals surface area contributed by atoms with Crippen LogP contribution in [-0.2, 0) is 4.79 Å². The topological polar surface area (TPSA) is 103 Å². The smallest absolute Gasteiger partial charge is 0.286 e. The molecule has 27 heavy (non-hydrogen) atoms. The van der Waals surface area contributed by atoms with Gasteiger partial charge in [-0.15, -0.1) is 10.2 Å². The minimum Gasteiger partial charge on any atom is -0.493 e. The number of anilines is 1. The zero-order valence-electron chi connectivity index (χ0n) is 14.7. The molecule has 136 valence electrons. The van der Waals surface area contributed by atoms with Gasteiger partial charge in [0.25, 0.3) is 5.91 Å². The number of para-hydroxylation sites is 2. The Kier molecular flexibility index (Phi) is 4.33. The first-order chi connectivity index (χ1) is 13.0. The van der Waals surface area contributed by atoms with E-state index >= 15 is 0 Å². The number of azo groups is 1. The molecule has 0 radical (unpaired) electrons. The summed E-state index contributed by atoms with van der Waals surface area (Å²) in [7, 11) is 0.